The summed E-state index contributed by atoms with van der Waals surface area (Å²) in [5, 5.41) is 8.29. The molecular weight excluding hydrogens is 246 g/mol. The molecule has 0 fully saturated rings. The van der Waals surface area contributed by atoms with Gasteiger partial charge in [-0.3, -0.25) is 0 Å². The lowest BCUT2D eigenvalue weighted by atomic mass is 10.4. The van der Waals surface area contributed by atoms with Gasteiger partial charge in [-0.05, 0) is 12.1 Å². The topological polar surface area (TPSA) is 92.7 Å². The lowest BCUT2D eigenvalue weighted by Crippen LogP contribution is -2.28. The Morgan fingerprint density at radius 1 is 1.29 bits per heavy atom. The average Bonchev–Trinajstić information content (AvgIpc) is 2.29. The summed E-state index contributed by atoms with van der Waals surface area (Å²) >= 11 is 0. The fraction of sp³-hybridized carbons (Fsp3) is 0.300. The molecule has 1 aromatic rings. The molecule has 0 unspecified atom stereocenters. The Morgan fingerprint density at radius 3 is 2.53 bits per heavy atom. The molecule has 0 amide bonds. The van der Waals surface area contributed by atoms with E-state index in [-0.39, 0.29) is 18.0 Å². The quantitative estimate of drug-likeness (QED) is 0.676. The van der Waals surface area contributed by atoms with E-state index in [1.165, 1.54) is 12.1 Å². The maximum atomic E-state index is 11.6. The van der Waals surface area contributed by atoms with E-state index in [9.17, 15) is 13.2 Å². The number of benzene rings is 1. The smallest absolute Gasteiger partial charge is 0.329 e. The Bertz CT molecular complexity index is 457. The van der Waals surface area contributed by atoms with Gasteiger partial charge in [0.1, 0.15) is 6.61 Å². The number of aliphatic carboxylic acids is 1. The second kappa shape index (κ2) is 6.33. The molecule has 0 atom stereocenters. The van der Waals surface area contributed by atoms with E-state index in [4.69, 9.17) is 9.84 Å². The predicted molar refractivity (Wildman–Crippen MR) is 60.1 cm³/mol. The van der Waals surface area contributed by atoms with Crippen LogP contribution in [-0.2, 0) is 19.6 Å². The number of hydrogen-bond acceptors (Lipinski definition) is 4. The first-order chi connectivity index (χ1) is 8.02. The molecule has 0 aliphatic rings. The minimum absolute atomic E-state index is 0.0123. The summed E-state index contributed by atoms with van der Waals surface area (Å²) in [6, 6.07) is 7.90. The molecule has 94 valence electrons. The summed E-state index contributed by atoms with van der Waals surface area (Å²) in [6.07, 6.45) is 0. The first-order valence-corrected chi connectivity index (χ1v) is 6.35. The number of sulfonamides is 1. The lowest BCUT2D eigenvalue weighted by Gasteiger charge is -2.06. The molecule has 0 saturated carbocycles. The Labute approximate surface area is 99.3 Å². The highest BCUT2D eigenvalue weighted by Crippen LogP contribution is 2.06. The van der Waals surface area contributed by atoms with Crippen molar-refractivity contribution in [2.45, 2.75) is 4.90 Å². The van der Waals surface area contributed by atoms with Crippen molar-refractivity contribution >= 4 is 16.0 Å². The molecule has 0 aliphatic carbocycles. The van der Waals surface area contributed by atoms with Crippen molar-refractivity contribution in [1.29, 1.82) is 0 Å². The maximum absolute atomic E-state index is 11.6. The van der Waals surface area contributed by atoms with Crippen molar-refractivity contribution < 1.29 is 23.1 Å². The van der Waals surface area contributed by atoms with Crippen molar-refractivity contribution in [3.8, 4) is 0 Å². The van der Waals surface area contributed by atoms with Gasteiger partial charge in [-0.1, -0.05) is 18.2 Å². The van der Waals surface area contributed by atoms with Crippen LogP contribution in [0.4, 0.5) is 0 Å². The summed E-state index contributed by atoms with van der Waals surface area (Å²) in [4.78, 5) is 10.3. The maximum Gasteiger partial charge on any atom is 0.329 e. The number of nitrogens with one attached hydrogen (secondary N) is 1. The predicted octanol–water partition coefficient (Wildman–Crippen LogP) is 0.0661. The van der Waals surface area contributed by atoms with Gasteiger partial charge in [0.25, 0.3) is 0 Å². The first-order valence-electron chi connectivity index (χ1n) is 4.86. The summed E-state index contributed by atoms with van der Waals surface area (Å²) in [6.45, 7) is -0.393. The molecule has 0 radical (unpaired) electrons. The van der Waals surface area contributed by atoms with Crippen LogP contribution in [0.15, 0.2) is 35.2 Å². The van der Waals surface area contributed by atoms with E-state index in [1.54, 1.807) is 18.2 Å². The van der Waals surface area contributed by atoms with E-state index in [1.807, 2.05) is 0 Å². The average molecular weight is 259 g/mol. The van der Waals surface area contributed by atoms with E-state index in [2.05, 4.69) is 4.72 Å². The number of ether oxygens (including phenoxy) is 1. The number of carboxylic acid groups (broad SMARTS) is 1. The van der Waals surface area contributed by atoms with Crippen molar-refractivity contribution in [1.82, 2.24) is 4.72 Å². The number of hydrogen-bond donors (Lipinski definition) is 2. The highest BCUT2D eigenvalue weighted by Gasteiger charge is 2.11. The molecule has 0 spiro atoms. The van der Waals surface area contributed by atoms with Gasteiger partial charge in [-0.15, -0.1) is 0 Å². The van der Waals surface area contributed by atoms with Crippen LogP contribution in [0.1, 0.15) is 0 Å². The molecule has 7 heteroatoms. The number of rotatable bonds is 7. The van der Waals surface area contributed by atoms with Crippen LogP contribution in [0.2, 0.25) is 0 Å². The van der Waals surface area contributed by atoms with Gasteiger partial charge < -0.3 is 9.84 Å². The highest BCUT2D eigenvalue weighted by atomic mass is 32.2. The molecule has 17 heavy (non-hydrogen) atoms. The minimum atomic E-state index is -3.54. The van der Waals surface area contributed by atoms with Gasteiger partial charge in [0.2, 0.25) is 10.0 Å². The zero-order valence-electron chi connectivity index (χ0n) is 9.00. The molecule has 2 N–H and O–H groups in total. The third-order valence-electron chi connectivity index (χ3n) is 1.82. The Morgan fingerprint density at radius 2 is 1.94 bits per heavy atom. The molecule has 6 nitrogen and oxygen atoms in total. The van der Waals surface area contributed by atoms with E-state index >= 15 is 0 Å². The van der Waals surface area contributed by atoms with Crippen LogP contribution in [0.25, 0.3) is 0 Å². The van der Waals surface area contributed by atoms with Crippen LogP contribution >= 0.6 is 0 Å². The van der Waals surface area contributed by atoms with Crippen molar-refractivity contribution in [3.05, 3.63) is 30.3 Å². The Hall–Kier alpha value is -1.44. The zero-order valence-corrected chi connectivity index (χ0v) is 9.81. The fourth-order valence-corrected chi connectivity index (χ4v) is 2.12. The molecule has 0 saturated heterocycles. The van der Waals surface area contributed by atoms with Gasteiger partial charge in [0, 0.05) is 6.54 Å². The SMILES string of the molecule is O=C(O)COCCNS(=O)(=O)c1ccccc1. The summed E-state index contributed by atoms with van der Waals surface area (Å²) in [5.41, 5.74) is 0. The number of carbonyl (C=O) groups is 1. The van der Waals surface area contributed by atoms with Crippen LogP contribution in [0, 0.1) is 0 Å². The Kier molecular flexibility index (Phi) is 5.08. The van der Waals surface area contributed by atoms with Crippen LogP contribution in [0.3, 0.4) is 0 Å². The molecule has 0 aliphatic heterocycles. The van der Waals surface area contributed by atoms with E-state index in [0.717, 1.165) is 0 Å². The van der Waals surface area contributed by atoms with Gasteiger partial charge in [0.05, 0.1) is 11.5 Å². The Balaban J connectivity index is 2.39. The third-order valence-corrected chi connectivity index (χ3v) is 3.29. The second-order valence-corrected chi connectivity index (χ2v) is 4.92. The van der Waals surface area contributed by atoms with Gasteiger partial charge >= 0.3 is 5.97 Å². The number of carboxylic acids is 1. The van der Waals surface area contributed by atoms with Gasteiger partial charge in [0.15, 0.2) is 0 Å². The molecule has 0 heterocycles. The van der Waals surface area contributed by atoms with Crippen molar-refractivity contribution in [3.63, 3.8) is 0 Å². The van der Waals surface area contributed by atoms with Gasteiger partial charge in [-0.2, -0.15) is 0 Å². The standard InChI is InChI=1S/C10H13NO5S/c12-10(13)8-16-7-6-11-17(14,15)9-4-2-1-3-5-9/h1-5,11H,6-8H2,(H,12,13). The van der Waals surface area contributed by atoms with Crippen LogP contribution in [0.5, 0.6) is 0 Å². The third kappa shape index (κ3) is 4.94. The van der Waals surface area contributed by atoms with Crippen molar-refractivity contribution in [2.75, 3.05) is 19.8 Å². The van der Waals surface area contributed by atoms with Crippen molar-refractivity contribution in [2.24, 2.45) is 0 Å². The monoisotopic (exact) mass is 259 g/mol. The second-order valence-electron chi connectivity index (χ2n) is 3.16. The molecule has 1 rings (SSSR count). The van der Waals surface area contributed by atoms with Gasteiger partial charge in [-0.25, -0.2) is 17.9 Å². The molecular formula is C10H13NO5S. The summed E-state index contributed by atoms with van der Waals surface area (Å²) in [5.74, 6) is -1.09. The van der Waals surface area contributed by atoms with Crippen LogP contribution in [-0.4, -0.2) is 39.3 Å². The van der Waals surface area contributed by atoms with Crippen LogP contribution < -0.4 is 4.72 Å². The highest BCUT2D eigenvalue weighted by molar-refractivity contribution is 7.89. The lowest BCUT2D eigenvalue weighted by molar-refractivity contribution is -0.142. The fourth-order valence-electron chi connectivity index (χ4n) is 1.09. The molecule has 0 aromatic heterocycles. The normalized spacial score (nSPS) is 11.3. The van der Waals surface area contributed by atoms with E-state index in [0.29, 0.717) is 0 Å². The molecule has 1 aromatic carbocycles. The largest absolute Gasteiger partial charge is 0.480 e. The molecule has 0 bridgehead atoms. The first kappa shape index (κ1) is 13.6. The minimum Gasteiger partial charge on any atom is -0.480 e. The van der Waals surface area contributed by atoms with E-state index < -0.39 is 22.6 Å². The summed E-state index contributed by atoms with van der Waals surface area (Å²) < 4.78 is 30.3. The summed E-state index contributed by atoms with van der Waals surface area (Å²) in [7, 11) is -3.54. The zero-order chi connectivity index (χ0) is 12.7.